The van der Waals surface area contributed by atoms with Crippen LogP contribution < -0.4 is 5.32 Å². The lowest BCUT2D eigenvalue weighted by molar-refractivity contribution is -0.00898. The van der Waals surface area contributed by atoms with E-state index in [0.29, 0.717) is 25.3 Å². The summed E-state index contributed by atoms with van der Waals surface area (Å²) >= 11 is 0. The number of furan rings is 1. The van der Waals surface area contributed by atoms with Crippen molar-refractivity contribution in [3.8, 4) is 0 Å². The van der Waals surface area contributed by atoms with Gasteiger partial charge in [-0.3, -0.25) is 0 Å². The molecule has 0 aliphatic rings. The highest BCUT2D eigenvalue weighted by Gasteiger charge is 2.18. The molecule has 0 bridgehead atoms. The van der Waals surface area contributed by atoms with Crippen LogP contribution in [0.5, 0.6) is 0 Å². The summed E-state index contributed by atoms with van der Waals surface area (Å²) in [4.78, 5) is 10.8. The van der Waals surface area contributed by atoms with E-state index in [1.54, 1.807) is 6.07 Å². The summed E-state index contributed by atoms with van der Waals surface area (Å²) in [7, 11) is 0. The molecule has 0 unspecified atom stereocenters. The van der Waals surface area contributed by atoms with Gasteiger partial charge in [0.2, 0.25) is 5.76 Å². The van der Waals surface area contributed by atoms with Crippen molar-refractivity contribution in [3.63, 3.8) is 0 Å². The molecule has 0 aliphatic heterocycles. The number of rotatable bonds is 7. The summed E-state index contributed by atoms with van der Waals surface area (Å²) in [6.45, 7) is 7.66. The molecular weight excluding hydrogens is 222 g/mol. The number of carboxylic acid groups (broad SMARTS) is 1. The lowest BCUT2D eigenvalue weighted by atomic mass is 10.1. The number of carbonyl (C=O) groups is 1. The van der Waals surface area contributed by atoms with Crippen LogP contribution in [-0.2, 0) is 11.3 Å². The molecule has 0 atom stereocenters. The van der Waals surface area contributed by atoms with Gasteiger partial charge < -0.3 is 19.6 Å². The first kappa shape index (κ1) is 13.7. The molecule has 0 spiro atoms. The van der Waals surface area contributed by atoms with E-state index >= 15 is 0 Å². The second-order valence-corrected chi connectivity index (χ2v) is 4.38. The second-order valence-electron chi connectivity index (χ2n) is 4.38. The quantitative estimate of drug-likeness (QED) is 0.762. The molecule has 0 radical (unpaired) electrons. The van der Waals surface area contributed by atoms with E-state index in [2.05, 4.69) is 5.32 Å². The van der Waals surface area contributed by atoms with E-state index in [9.17, 15) is 4.79 Å². The van der Waals surface area contributed by atoms with Crippen LogP contribution >= 0.6 is 0 Å². The van der Waals surface area contributed by atoms with Crippen molar-refractivity contribution in [2.24, 2.45) is 0 Å². The molecule has 1 heterocycles. The summed E-state index contributed by atoms with van der Waals surface area (Å²) in [6.07, 6.45) is 1.38. The molecule has 1 aromatic rings. The van der Waals surface area contributed by atoms with Gasteiger partial charge in [-0.15, -0.1) is 0 Å². The lowest BCUT2D eigenvalue weighted by Crippen LogP contribution is -2.37. The molecule has 0 aliphatic carbocycles. The molecule has 0 saturated heterocycles. The fourth-order valence-electron chi connectivity index (χ4n) is 1.60. The normalized spacial score (nSPS) is 11.7. The summed E-state index contributed by atoms with van der Waals surface area (Å²) in [5.41, 5.74) is 0.381. The van der Waals surface area contributed by atoms with Crippen LogP contribution in [0.15, 0.2) is 16.7 Å². The maximum Gasteiger partial charge on any atom is 0.372 e. The third kappa shape index (κ3) is 4.20. The Morgan fingerprint density at radius 3 is 2.88 bits per heavy atom. The Labute approximate surface area is 101 Å². The fourth-order valence-corrected chi connectivity index (χ4v) is 1.60. The van der Waals surface area contributed by atoms with Crippen LogP contribution in [-0.4, -0.2) is 29.8 Å². The molecular formula is C12H19NO4. The highest BCUT2D eigenvalue weighted by molar-refractivity contribution is 5.86. The molecule has 5 heteroatoms. The summed E-state index contributed by atoms with van der Waals surface area (Å²) in [6, 6.07) is 1.66. The maximum atomic E-state index is 10.8. The van der Waals surface area contributed by atoms with Crippen LogP contribution in [0.1, 0.15) is 36.9 Å². The minimum absolute atomic E-state index is 0.00767. The van der Waals surface area contributed by atoms with E-state index in [0.717, 1.165) is 0 Å². The Morgan fingerprint density at radius 1 is 1.59 bits per heavy atom. The van der Waals surface area contributed by atoms with Crippen molar-refractivity contribution in [3.05, 3.63) is 23.7 Å². The second kappa shape index (κ2) is 5.84. The third-order valence-corrected chi connectivity index (χ3v) is 2.34. The minimum atomic E-state index is -1.05. The Bertz CT molecular complexity index is 370. The van der Waals surface area contributed by atoms with Gasteiger partial charge in [0, 0.05) is 25.3 Å². The highest BCUT2D eigenvalue weighted by Crippen LogP contribution is 2.11. The maximum absolute atomic E-state index is 10.8. The van der Waals surface area contributed by atoms with Crippen molar-refractivity contribution in [1.82, 2.24) is 5.32 Å². The molecule has 17 heavy (non-hydrogen) atoms. The minimum Gasteiger partial charge on any atom is -0.475 e. The molecule has 0 aromatic carbocycles. The lowest BCUT2D eigenvalue weighted by Gasteiger charge is -2.24. The van der Waals surface area contributed by atoms with Gasteiger partial charge in [0.1, 0.15) is 0 Å². The van der Waals surface area contributed by atoms with E-state index in [4.69, 9.17) is 14.3 Å². The zero-order valence-corrected chi connectivity index (χ0v) is 10.4. The monoisotopic (exact) mass is 241 g/mol. The van der Waals surface area contributed by atoms with Gasteiger partial charge in [-0.05, 0) is 26.8 Å². The van der Waals surface area contributed by atoms with Crippen molar-refractivity contribution in [2.45, 2.75) is 32.9 Å². The average molecular weight is 241 g/mol. The van der Waals surface area contributed by atoms with Gasteiger partial charge in [0.15, 0.2) is 0 Å². The first-order chi connectivity index (χ1) is 7.96. The SMILES string of the molecule is CCOC(C)(C)CNCc1ccoc1C(=O)O. The van der Waals surface area contributed by atoms with Crippen LogP contribution in [0.4, 0.5) is 0 Å². The molecule has 0 saturated carbocycles. The average Bonchev–Trinajstić information content (AvgIpc) is 2.65. The predicted molar refractivity (Wildman–Crippen MR) is 63.1 cm³/mol. The number of aromatic carboxylic acids is 1. The smallest absolute Gasteiger partial charge is 0.372 e. The van der Waals surface area contributed by atoms with Gasteiger partial charge >= 0.3 is 5.97 Å². The van der Waals surface area contributed by atoms with Gasteiger partial charge in [-0.2, -0.15) is 0 Å². The Kier molecular flexibility index (Phi) is 4.72. The van der Waals surface area contributed by atoms with Gasteiger partial charge in [0.05, 0.1) is 11.9 Å². The van der Waals surface area contributed by atoms with Crippen molar-refractivity contribution in [2.75, 3.05) is 13.2 Å². The highest BCUT2D eigenvalue weighted by atomic mass is 16.5. The summed E-state index contributed by atoms with van der Waals surface area (Å²) in [5, 5.41) is 12.0. The predicted octanol–water partition coefficient (Wildman–Crippen LogP) is 1.88. The van der Waals surface area contributed by atoms with Crippen LogP contribution in [0, 0.1) is 0 Å². The van der Waals surface area contributed by atoms with Crippen LogP contribution in [0.25, 0.3) is 0 Å². The van der Waals surface area contributed by atoms with E-state index in [1.165, 1.54) is 6.26 Å². The Balaban J connectivity index is 2.46. The van der Waals surface area contributed by atoms with Crippen LogP contribution in [0.2, 0.25) is 0 Å². The first-order valence-corrected chi connectivity index (χ1v) is 5.60. The molecule has 2 N–H and O–H groups in total. The molecule has 5 nitrogen and oxygen atoms in total. The number of carboxylic acids is 1. The Hall–Kier alpha value is -1.33. The number of nitrogens with one attached hydrogen (secondary N) is 1. The number of hydrogen-bond donors (Lipinski definition) is 2. The van der Waals surface area contributed by atoms with Gasteiger partial charge in [-0.25, -0.2) is 4.79 Å². The first-order valence-electron chi connectivity index (χ1n) is 5.60. The number of hydrogen-bond acceptors (Lipinski definition) is 4. The van der Waals surface area contributed by atoms with Gasteiger partial charge in [0.25, 0.3) is 0 Å². The summed E-state index contributed by atoms with van der Waals surface area (Å²) < 4.78 is 10.4. The number of ether oxygens (including phenoxy) is 1. The largest absolute Gasteiger partial charge is 0.475 e. The van der Waals surface area contributed by atoms with Crippen molar-refractivity contribution >= 4 is 5.97 Å². The molecule has 0 amide bonds. The zero-order chi connectivity index (χ0) is 12.9. The molecule has 96 valence electrons. The van der Waals surface area contributed by atoms with Crippen LogP contribution in [0.3, 0.4) is 0 Å². The van der Waals surface area contributed by atoms with E-state index < -0.39 is 5.97 Å². The van der Waals surface area contributed by atoms with E-state index in [1.807, 2.05) is 20.8 Å². The topological polar surface area (TPSA) is 71.7 Å². The third-order valence-electron chi connectivity index (χ3n) is 2.34. The summed E-state index contributed by atoms with van der Waals surface area (Å²) in [5.74, 6) is -1.05. The van der Waals surface area contributed by atoms with Gasteiger partial charge in [-0.1, -0.05) is 0 Å². The standard InChI is InChI=1S/C12H19NO4/c1-4-17-12(2,3)8-13-7-9-5-6-16-10(9)11(14)15/h5-6,13H,4,7-8H2,1-3H3,(H,14,15). The van der Waals surface area contributed by atoms with Crippen molar-refractivity contribution < 1.29 is 19.1 Å². The molecule has 1 aromatic heterocycles. The van der Waals surface area contributed by atoms with Crippen molar-refractivity contribution in [1.29, 1.82) is 0 Å². The fraction of sp³-hybridized carbons (Fsp3) is 0.583. The Morgan fingerprint density at radius 2 is 2.29 bits per heavy atom. The molecule has 0 fully saturated rings. The molecule has 1 rings (SSSR count). The zero-order valence-electron chi connectivity index (χ0n) is 10.4. The van der Waals surface area contributed by atoms with E-state index in [-0.39, 0.29) is 11.4 Å².